The van der Waals surface area contributed by atoms with Crippen LogP contribution in [0.15, 0.2) is 41.7 Å². The van der Waals surface area contributed by atoms with Crippen molar-refractivity contribution in [2.24, 2.45) is 5.41 Å². The number of hydrogen-bond acceptors (Lipinski definition) is 6. The molecule has 7 nitrogen and oxygen atoms in total. The van der Waals surface area contributed by atoms with Crippen LogP contribution in [-0.4, -0.2) is 75.2 Å². The summed E-state index contributed by atoms with van der Waals surface area (Å²) >= 11 is -1.34. The Balaban J connectivity index is 0.00000256. The molecule has 0 aliphatic carbocycles. The average Bonchev–Trinajstić information content (AvgIpc) is 3.14. The Morgan fingerprint density at radius 3 is 2.70 bits per heavy atom. The summed E-state index contributed by atoms with van der Waals surface area (Å²) in [4.78, 5) is 11.9. The quantitative estimate of drug-likeness (QED) is 0.469. The van der Waals surface area contributed by atoms with Crippen molar-refractivity contribution in [3.63, 3.8) is 0 Å². The number of pyridine rings is 1. The van der Waals surface area contributed by atoms with Crippen molar-refractivity contribution in [1.82, 2.24) is 15.0 Å². The molecule has 1 aliphatic heterocycles. The van der Waals surface area contributed by atoms with Crippen LogP contribution in [0.2, 0.25) is 0 Å². The van der Waals surface area contributed by atoms with E-state index in [2.05, 4.69) is 28.8 Å². The van der Waals surface area contributed by atoms with Crippen LogP contribution in [0.25, 0.3) is 11.0 Å². The van der Waals surface area contributed by atoms with Crippen LogP contribution in [-0.2, 0) is 26.4 Å². The van der Waals surface area contributed by atoms with Crippen LogP contribution in [0.3, 0.4) is 0 Å². The zero-order valence-corrected chi connectivity index (χ0v) is 17.6. The molecule has 1 aromatic carbocycles. The van der Waals surface area contributed by atoms with Gasteiger partial charge < -0.3 is 18.8 Å². The van der Waals surface area contributed by atoms with Crippen LogP contribution < -0.4 is 4.74 Å². The van der Waals surface area contributed by atoms with Gasteiger partial charge in [-0.1, -0.05) is 26.0 Å². The van der Waals surface area contributed by atoms with Crippen molar-refractivity contribution >= 4 is 51.8 Å². The van der Waals surface area contributed by atoms with Gasteiger partial charge in [-0.05, 0) is 25.1 Å². The molecule has 156 valence electrons. The number of H-pyrrole nitrogens is 1. The van der Waals surface area contributed by atoms with Gasteiger partial charge in [-0.3, -0.25) is 9.97 Å². The van der Waals surface area contributed by atoms with E-state index in [9.17, 15) is 4.55 Å². The minimum absolute atomic E-state index is 0. The number of para-hydroxylation sites is 2. The molecule has 1 N–H and O–H groups in total. The molecule has 0 bridgehead atoms. The summed E-state index contributed by atoms with van der Waals surface area (Å²) < 4.78 is 30.1. The number of rotatable bonds is 6. The van der Waals surface area contributed by atoms with Gasteiger partial charge in [0.15, 0.2) is 12.0 Å². The first-order chi connectivity index (χ1) is 13.9. The Bertz CT molecular complexity index is 954. The number of nitrogens with one attached hydrogen (secondary N) is 1. The molecule has 1 fully saturated rings. The van der Waals surface area contributed by atoms with E-state index in [4.69, 9.17) is 14.2 Å². The average molecular weight is 440 g/mol. The summed E-state index contributed by atoms with van der Waals surface area (Å²) in [5, 5.41) is 0.449. The van der Waals surface area contributed by atoms with Gasteiger partial charge in [-0.2, -0.15) is 4.98 Å². The van der Waals surface area contributed by atoms with E-state index < -0.39 is 11.2 Å². The van der Waals surface area contributed by atoms with Crippen molar-refractivity contribution < 1.29 is 18.8 Å². The number of imidazole rings is 1. The molecule has 1 aliphatic rings. The third kappa shape index (κ3) is 5.56. The molecule has 4 rings (SSSR count). The first kappa shape index (κ1) is 23.5. The Labute approximate surface area is 201 Å². The third-order valence-corrected chi connectivity index (χ3v) is 5.96. The first-order valence-electron chi connectivity index (χ1n) is 9.55. The molecule has 3 heterocycles. The summed E-state index contributed by atoms with van der Waals surface area (Å²) in [5.74, 6) is 0.946. The molecule has 1 atom stereocenters. The summed E-state index contributed by atoms with van der Waals surface area (Å²) in [6, 6.07) is 9.43. The SMILES string of the molecule is Cc1c(OCC2OCC(C)(C)CO2)ccnc1C[S+]([O-])c1nc2ccccc2[nH]1.[NaH]. The second kappa shape index (κ2) is 9.99. The van der Waals surface area contributed by atoms with Gasteiger partial charge in [-0.25, -0.2) is 0 Å². The van der Waals surface area contributed by atoms with Crippen molar-refractivity contribution in [2.75, 3.05) is 19.8 Å². The standard InChI is InChI=1S/C21H25N3O4S.Na.H/c1-14-17(11-29(25)20-23-15-6-4-5-7-16(15)24-20)22-9-8-18(14)26-10-19-27-12-21(2,3)13-28-19;;/h4-9,19H,10-13H2,1-3H3,(H,23,24);;. The fraction of sp³-hybridized carbons (Fsp3) is 0.429. The zero-order valence-electron chi connectivity index (χ0n) is 16.8. The van der Waals surface area contributed by atoms with E-state index in [1.54, 1.807) is 12.3 Å². The van der Waals surface area contributed by atoms with Gasteiger partial charge in [0.25, 0.3) is 0 Å². The van der Waals surface area contributed by atoms with Crippen LogP contribution >= 0.6 is 0 Å². The number of hydrogen-bond donors (Lipinski definition) is 1. The van der Waals surface area contributed by atoms with E-state index in [1.807, 2.05) is 31.2 Å². The number of benzene rings is 1. The van der Waals surface area contributed by atoms with Gasteiger partial charge in [0.1, 0.15) is 12.4 Å². The summed E-state index contributed by atoms with van der Waals surface area (Å²) in [6.45, 7) is 7.69. The monoisotopic (exact) mass is 439 g/mol. The molecule has 1 unspecified atom stereocenters. The number of nitrogens with zero attached hydrogens (tertiary/aromatic N) is 2. The van der Waals surface area contributed by atoms with Crippen molar-refractivity contribution in [3.05, 3.63) is 47.8 Å². The number of fused-ring (bicyclic) bond motifs is 1. The van der Waals surface area contributed by atoms with Crippen LogP contribution in [0.4, 0.5) is 0 Å². The van der Waals surface area contributed by atoms with Gasteiger partial charge >= 0.3 is 34.7 Å². The first-order valence-corrected chi connectivity index (χ1v) is 10.9. The molecule has 0 saturated carbocycles. The van der Waals surface area contributed by atoms with Crippen LogP contribution in [0.1, 0.15) is 25.1 Å². The van der Waals surface area contributed by atoms with Crippen molar-refractivity contribution in [1.29, 1.82) is 0 Å². The summed E-state index contributed by atoms with van der Waals surface area (Å²) in [7, 11) is 0. The van der Waals surface area contributed by atoms with E-state index >= 15 is 0 Å². The fourth-order valence-corrected chi connectivity index (χ4v) is 4.17. The van der Waals surface area contributed by atoms with Gasteiger partial charge in [0.05, 0.1) is 29.9 Å². The Morgan fingerprint density at radius 2 is 1.97 bits per heavy atom. The molecule has 3 aromatic rings. The van der Waals surface area contributed by atoms with Gasteiger partial charge in [0, 0.05) is 28.4 Å². The number of aromatic amines is 1. The van der Waals surface area contributed by atoms with E-state index in [-0.39, 0.29) is 47.0 Å². The molecule has 0 radical (unpaired) electrons. The summed E-state index contributed by atoms with van der Waals surface area (Å²) in [5.41, 5.74) is 3.26. The fourth-order valence-electron chi connectivity index (χ4n) is 3.07. The normalized spacial score (nSPS) is 17.5. The summed E-state index contributed by atoms with van der Waals surface area (Å²) in [6.07, 6.45) is 1.28. The Morgan fingerprint density at radius 1 is 1.23 bits per heavy atom. The molecule has 1 saturated heterocycles. The molecule has 30 heavy (non-hydrogen) atoms. The maximum atomic E-state index is 12.8. The number of ether oxygens (including phenoxy) is 3. The predicted octanol–water partition coefficient (Wildman–Crippen LogP) is 2.70. The number of aromatic nitrogens is 3. The van der Waals surface area contributed by atoms with E-state index in [1.165, 1.54) is 0 Å². The van der Waals surface area contributed by atoms with Crippen molar-refractivity contribution in [3.8, 4) is 5.75 Å². The molecule has 0 amide bonds. The minimum atomic E-state index is -1.34. The van der Waals surface area contributed by atoms with Crippen LogP contribution in [0.5, 0.6) is 5.75 Å². The predicted molar refractivity (Wildman–Crippen MR) is 117 cm³/mol. The van der Waals surface area contributed by atoms with Gasteiger partial charge in [-0.15, -0.1) is 0 Å². The van der Waals surface area contributed by atoms with E-state index in [0.717, 1.165) is 16.6 Å². The van der Waals surface area contributed by atoms with Crippen LogP contribution in [0, 0.1) is 12.3 Å². The maximum absolute atomic E-state index is 12.8. The van der Waals surface area contributed by atoms with Crippen molar-refractivity contribution in [2.45, 2.75) is 38.0 Å². The second-order valence-corrected chi connectivity index (χ2v) is 9.32. The Hall–Kier alpha value is -1.13. The molecular formula is C21H26N3NaO4S. The third-order valence-electron chi connectivity index (χ3n) is 4.80. The molecule has 9 heteroatoms. The Kier molecular flexibility index (Phi) is 7.84. The zero-order chi connectivity index (χ0) is 20.4. The second-order valence-electron chi connectivity index (χ2n) is 7.96. The molecule has 2 aromatic heterocycles. The van der Waals surface area contributed by atoms with Gasteiger partial charge in [0.2, 0.25) is 0 Å². The topological polar surface area (TPSA) is 92.3 Å². The molecule has 0 spiro atoms. The molecular weight excluding hydrogens is 413 g/mol. The van der Waals surface area contributed by atoms with E-state index in [0.29, 0.717) is 36.4 Å².